The highest BCUT2D eigenvalue weighted by atomic mass is 35.5. The summed E-state index contributed by atoms with van der Waals surface area (Å²) >= 11 is 18.2. The summed E-state index contributed by atoms with van der Waals surface area (Å²) in [6.45, 7) is 1.80. The van der Waals surface area contributed by atoms with Crippen LogP contribution in [0, 0.1) is 5.41 Å². The van der Waals surface area contributed by atoms with Crippen LogP contribution >= 0.6 is 34.8 Å². The van der Waals surface area contributed by atoms with Crippen molar-refractivity contribution < 1.29 is 14.3 Å². The second kappa shape index (κ2) is 12.2. The molecule has 0 aliphatic carbocycles. The summed E-state index contributed by atoms with van der Waals surface area (Å²) in [5.74, 6) is 0.536. The highest BCUT2D eigenvalue weighted by molar-refractivity contribution is 6.42. The molecule has 0 bridgehead atoms. The van der Waals surface area contributed by atoms with Crippen molar-refractivity contribution in [3.05, 3.63) is 99.0 Å². The molecule has 0 unspecified atom stereocenters. The summed E-state index contributed by atoms with van der Waals surface area (Å²) in [4.78, 5) is 30.3. The van der Waals surface area contributed by atoms with Gasteiger partial charge in [0.15, 0.2) is 0 Å². The van der Waals surface area contributed by atoms with Crippen LogP contribution in [-0.4, -0.2) is 48.4 Å². The Hall–Kier alpha value is -2.73. The predicted octanol–water partition coefficient (Wildman–Crippen LogP) is 7.00. The maximum Gasteiger partial charge on any atom is 0.253 e. The van der Waals surface area contributed by atoms with Gasteiger partial charge in [-0.25, -0.2) is 0 Å². The van der Waals surface area contributed by atoms with Crippen LogP contribution in [0.3, 0.4) is 0 Å². The number of hydrogen-bond donors (Lipinski definition) is 0. The Bertz CT molecular complexity index is 1240. The second-order valence-corrected chi connectivity index (χ2v) is 10.9. The van der Waals surface area contributed by atoms with Gasteiger partial charge in [-0.3, -0.25) is 9.59 Å². The van der Waals surface area contributed by atoms with Crippen molar-refractivity contribution in [1.82, 2.24) is 9.80 Å². The van der Waals surface area contributed by atoms with E-state index >= 15 is 0 Å². The molecule has 1 atom stereocenters. The Morgan fingerprint density at radius 1 is 0.973 bits per heavy atom. The van der Waals surface area contributed by atoms with E-state index in [2.05, 4.69) is 0 Å². The number of hydrogen-bond acceptors (Lipinski definition) is 3. The van der Waals surface area contributed by atoms with Crippen LogP contribution in [0.5, 0.6) is 5.75 Å². The van der Waals surface area contributed by atoms with E-state index in [1.807, 2.05) is 37.4 Å². The van der Waals surface area contributed by atoms with Gasteiger partial charge in [-0.1, -0.05) is 65.1 Å². The molecule has 1 aliphatic rings. The zero-order chi connectivity index (χ0) is 26.4. The first-order valence-electron chi connectivity index (χ1n) is 12.2. The lowest BCUT2D eigenvalue weighted by Crippen LogP contribution is -2.50. The molecule has 3 aromatic carbocycles. The highest BCUT2D eigenvalue weighted by Gasteiger charge is 2.40. The lowest BCUT2D eigenvalue weighted by molar-refractivity contribution is -0.134. The molecule has 1 saturated heterocycles. The molecule has 1 aliphatic heterocycles. The van der Waals surface area contributed by atoms with E-state index in [0.29, 0.717) is 52.6 Å². The van der Waals surface area contributed by atoms with E-state index in [1.54, 1.807) is 52.3 Å². The number of benzene rings is 3. The van der Waals surface area contributed by atoms with Gasteiger partial charge in [-0.05, 0) is 60.9 Å². The van der Waals surface area contributed by atoms with E-state index in [9.17, 15) is 9.59 Å². The number of nitrogens with zero attached hydrogens (tertiary/aromatic N) is 2. The molecule has 2 amide bonds. The number of amides is 2. The normalized spacial score (nSPS) is 17.4. The molecule has 8 heteroatoms. The molecule has 0 saturated carbocycles. The molecule has 5 nitrogen and oxygen atoms in total. The highest BCUT2D eigenvalue weighted by Crippen LogP contribution is 2.36. The van der Waals surface area contributed by atoms with Crippen molar-refractivity contribution >= 4 is 46.6 Å². The fourth-order valence-corrected chi connectivity index (χ4v) is 5.10. The average molecular weight is 560 g/mol. The summed E-state index contributed by atoms with van der Waals surface area (Å²) in [6, 6.07) is 21.9. The van der Waals surface area contributed by atoms with Crippen molar-refractivity contribution in [3.8, 4) is 5.75 Å². The zero-order valence-electron chi connectivity index (χ0n) is 20.6. The van der Waals surface area contributed by atoms with Crippen LogP contribution in [0.15, 0.2) is 72.8 Å². The molecule has 4 rings (SSSR count). The fourth-order valence-electron chi connectivity index (χ4n) is 4.67. The molecule has 0 radical (unpaired) electrons. The largest absolute Gasteiger partial charge is 0.493 e. The monoisotopic (exact) mass is 558 g/mol. The van der Waals surface area contributed by atoms with Gasteiger partial charge in [0.05, 0.1) is 16.7 Å². The predicted molar refractivity (Wildman–Crippen MR) is 149 cm³/mol. The topological polar surface area (TPSA) is 49.9 Å². The van der Waals surface area contributed by atoms with Gasteiger partial charge in [0.1, 0.15) is 5.75 Å². The third kappa shape index (κ3) is 7.19. The first-order chi connectivity index (χ1) is 17.7. The van der Waals surface area contributed by atoms with E-state index in [0.717, 1.165) is 18.4 Å². The minimum atomic E-state index is -0.550. The van der Waals surface area contributed by atoms with Gasteiger partial charge in [0.2, 0.25) is 5.91 Å². The first-order valence-corrected chi connectivity index (χ1v) is 13.3. The summed E-state index contributed by atoms with van der Waals surface area (Å²) in [5.41, 5.74) is 0.979. The Kier molecular flexibility index (Phi) is 9.01. The Morgan fingerprint density at radius 3 is 2.41 bits per heavy atom. The number of piperidine rings is 1. The molecule has 0 aromatic heterocycles. The smallest absolute Gasteiger partial charge is 0.253 e. The molecule has 194 valence electrons. The van der Waals surface area contributed by atoms with Gasteiger partial charge in [0.25, 0.3) is 5.91 Å². The number of carbonyl (C=O) groups is 2. The third-order valence-corrected chi connectivity index (χ3v) is 7.68. The summed E-state index contributed by atoms with van der Waals surface area (Å²) in [5, 5.41) is 1.35. The quantitative estimate of drug-likeness (QED) is 0.299. The number of rotatable bonds is 8. The first kappa shape index (κ1) is 27.3. The van der Waals surface area contributed by atoms with Gasteiger partial charge in [-0.15, -0.1) is 0 Å². The lowest BCUT2D eigenvalue weighted by Gasteiger charge is -2.43. The maximum atomic E-state index is 13.4. The van der Waals surface area contributed by atoms with Crippen molar-refractivity contribution in [2.24, 2.45) is 5.41 Å². The Morgan fingerprint density at radius 2 is 1.70 bits per heavy atom. The van der Waals surface area contributed by atoms with Crippen molar-refractivity contribution in [3.63, 3.8) is 0 Å². The standard InChI is InChI=1S/C29H29Cl3N2O3/c1-33(18-21-6-3-2-4-7-21)27(35)17-29(20-37-24-11-9-23(30)10-12-24)14-5-15-34(19-29)28(36)22-8-13-25(31)26(32)16-22/h2-4,6-13,16H,5,14-15,17-20H2,1H3/t29-/m0/s1. The SMILES string of the molecule is CN(Cc1ccccc1)C(=O)C[C@@]1(COc2ccc(Cl)cc2)CCCN(C(=O)c2ccc(Cl)c(Cl)c2)C1. The number of carbonyl (C=O) groups excluding carboxylic acids is 2. The van der Waals surface area contributed by atoms with Gasteiger partial charge >= 0.3 is 0 Å². The van der Waals surface area contributed by atoms with E-state index in [1.165, 1.54) is 0 Å². The van der Waals surface area contributed by atoms with Crippen molar-refractivity contribution in [2.45, 2.75) is 25.8 Å². The van der Waals surface area contributed by atoms with Crippen LogP contribution in [-0.2, 0) is 11.3 Å². The molecule has 1 heterocycles. The molecule has 0 spiro atoms. The Labute approximate surface area is 232 Å². The zero-order valence-corrected chi connectivity index (χ0v) is 22.9. The summed E-state index contributed by atoms with van der Waals surface area (Å²) < 4.78 is 6.17. The van der Waals surface area contributed by atoms with Crippen LogP contribution in [0.2, 0.25) is 15.1 Å². The Balaban J connectivity index is 1.53. The van der Waals surface area contributed by atoms with E-state index < -0.39 is 5.41 Å². The van der Waals surface area contributed by atoms with Crippen LogP contribution in [0.4, 0.5) is 0 Å². The molecule has 3 aromatic rings. The van der Waals surface area contributed by atoms with Crippen molar-refractivity contribution in [2.75, 3.05) is 26.7 Å². The molecular weight excluding hydrogens is 531 g/mol. The van der Waals surface area contributed by atoms with Gasteiger partial charge in [0, 0.05) is 49.1 Å². The van der Waals surface area contributed by atoms with Gasteiger partial charge in [-0.2, -0.15) is 0 Å². The van der Waals surface area contributed by atoms with Crippen LogP contribution in [0.1, 0.15) is 35.2 Å². The molecule has 37 heavy (non-hydrogen) atoms. The molecular formula is C29H29Cl3N2O3. The molecule has 0 N–H and O–H groups in total. The number of likely N-dealkylation sites (tertiary alicyclic amines) is 1. The third-order valence-electron chi connectivity index (χ3n) is 6.69. The van der Waals surface area contributed by atoms with E-state index in [4.69, 9.17) is 39.5 Å². The average Bonchev–Trinajstić information content (AvgIpc) is 2.90. The number of ether oxygens (including phenoxy) is 1. The van der Waals surface area contributed by atoms with Crippen molar-refractivity contribution in [1.29, 1.82) is 0 Å². The maximum absolute atomic E-state index is 13.4. The van der Waals surface area contributed by atoms with Gasteiger partial charge < -0.3 is 14.5 Å². The minimum absolute atomic E-state index is 0.00685. The minimum Gasteiger partial charge on any atom is -0.493 e. The van der Waals surface area contributed by atoms with E-state index in [-0.39, 0.29) is 18.2 Å². The van der Waals surface area contributed by atoms with Crippen LogP contribution in [0.25, 0.3) is 0 Å². The van der Waals surface area contributed by atoms with Crippen LogP contribution < -0.4 is 4.74 Å². The lowest BCUT2D eigenvalue weighted by atomic mass is 9.77. The molecule has 1 fully saturated rings. The fraction of sp³-hybridized carbons (Fsp3) is 0.310. The summed E-state index contributed by atoms with van der Waals surface area (Å²) in [6.07, 6.45) is 1.78. The second-order valence-electron chi connectivity index (χ2n) is 9.61. The number of halogens is 3. The summed E-state index contributed by atoms with van der Waals surface area (Å²) in [7, 11) is 1.81.